The molecule has 0 radical (unpaired) electrons. The standard InChI is InChI=1S/C17H21FN4OS/c1-3-16(23)22-9-8-21(11-12(22)2)17-19-15(20-24-17)10-13-4-6-14(18)7-5-13/h4-7,12H,3,8-11H2,1-2H3. The zero-order valence-electron chi connectivity index (χ0n) is 13.9. The average Bonchev–Trinajstić information content (AvgIpc) is 3.05. The molecule has 24 heavy (non-hydrogen) atoms. The zero-order valence-corrected chi connectivity index (χ0v) is 14.7. The second kappa shape index (κ2) is 7.25. The smallest absolute Gasteiger partial charge is 0.222 e. The molecule has 1 fully saturated rings. The highest BCUT2D eigenvalue weighted by atomic mass is 32.1. The van der Waals surface area contributed by atoms with Gasteiger partial charge in [-0.05, 0) is 24.6 Å². The fourth-order valence-corrected chi connectivity index (χ4v) is 3.65. The van der Waals surface area contributed by atoms with Gasteiger partial charge in [-0.15, -0.1) is 0 Å². The molecule has 1 atom stereocenters. The molecule has 0 aliphatic carbocycles. The number of hydrogen-bond acceptors (Lipinski definition) is 5. The Kier molecular flexibility index (Phi) is 5.08. The molecule has 0 saturated carbocycles. The Morgan fingerprint density at radius 2 is 2.08 bits per heavy atom. The molecule has 1 aliphatic heterocycles. The third kappa shape index (κ3) is 3.72. The van der Waals surface area contributed by atoms with Crippen molar-refractivity contribution in [2.24, 2.45) is 0 Å². The Balaban J connectivity index is 1.63. The van der Waals surface area contributed by atoms with Crippen molar-refractivity contribution in [3.05, 3.63) is 41.5 Å². The van der Waals surface area contributed by atoms with Crippen molar-refractivity contribution in [3.63, 3.8) is 0 Å². The van der Waals surface area contributed by atoms with Crippen molar-refractivity contribution in [1.82, 2.24) is 14.3 Å². The summed E-state index contributed by atoms with van der Waals surface area (Å²) in [5.74, 6) is 0.719. The van der Waals surface area contributed by atoms with Gasteiger partial charge in [0.25, 0.3) is 0 Å². The number of benzene rings is 1. The first kappa shape index (κ1) is 16.8. The summed E-state index contributed by atoms with van der Waals surface area (Å²) in [5, 5.41) is 0.891. The highest BCUT2D eigenvalue weighted by Gasteiger charge is 2.28. The highest BCUT2D eigenvalue weighted by Crippen LogP contribution is 2.22. The van der Waals surface area contributed by atoms with Crippen molar-refractivity contribution in [2.45, 2.75) is 32.7 Å². The second-order valence-electron chi connectivity index (χ2n) is 6.03. The van der Waals surface area contributed by atoms with Crippen LogP contribution in [0.5, 0.6) is 0 Å². The van der Waals surface area contributed by atoms with Crippen molar-refractivity contribution in [2.75, 3.05) is 24.5 Å². The summed E-state index contributed by atoms with van der Waals surface area (Å²) in [7, 11) is 0. The van der Waals surface area contributed by atoms with Crippen molar-refractivity contribution in [3.8, 4) is 0 Å². The summed E-state index contributed by atoms with van der Waals surface area (Å²) in [6.07, 6.45) is 1.14. The van der Waals surface area contributed by atoms with Gasteiger partial charge in [-0.1, -0.05) is 19.1 Å². The molecule has 1 aromatic heterocycles. The lowest BCUT2D eigenvalue weighted by Gasteiger charge is -2.39. The Morgan fingerprint density at radius 1 is 1.33 bits per heavy atom. The van der Waals surface area contributed by atoms with E-state index in [4.69, 9.17) is 0 Å². The van der Waals surface area contributed by atoms with E-state index in [0.29, 0.717) is 12.8 Å². The van der Waals surface area contributed by atoms with Gasteiger partial charge in [0.2, 0.25) is 11.0 Å². The number of piperazine rings is 1. The Bertz CT molecular complexity index is 703. The predicted molar refractivity (Wildman–Crippen MR) is 92.8 cm³/mol. The second-order valence-corrected chi connectivity index (χ2v) is 6.76. The molecule has 0 spiro atoms. The number of aromatic nitrogens is 2. The average molecular weight is 348 g/mol. The minimum Gasteiger partial charge on any atom is -0.343 e. The van der Waals surface area contributed by atoms with Crippen LogP contribution in [0.2, 0.25) is 0 Å². The molecule has 128 valence electrons. The van der Waals surface area contributed by atoms with Crippen LogP contribution in [-0.4, -0.2) is 45.8 Å². The summed E-state index contributed by atoms with van der Waals surface area (Å²) in [4.78, 5) is 20.7. The predicted octanol–water partition coefficient (Wildman–Crippen LogP) is 2.72. The van der Waals surface area contributed by atoms with Crippen LogP contribution in [0.3, 0.4) is 0 Å². The first-order valence-electron chi connectivity index (χ1n) is 8.18. The Morgan fingerprint density at radius 3 is 2.75 bits per heavy atom. The van der Waals surface area contributed by atoms with Gasteiger partial charge in [0.05, 0.1) is 0 Å². The minimum absolute atomic E-state index is 0.177. The summed E-state index contributed by atoms with van der Waals surface area (Å²) >= 11 is 1.38. The molecule has 1 aromatic carbocycles. The number of carbonyl (C=O) groups is 1. The first-order chi connectivity index (χ1) is 11.6. The topological polar surface area (TPSA) is 49.3 Å². The maximum atomic E-state index is 13.0. The van der Waals surface area contributed by atoms with Gasteiger partial charge in [0, 0.05) is 50.1 Å². The van der Waals surface area contributed by atoms with Gasteiger partial charge < -0.3 is 9.80 Å². The van der Waals surface area contributed by atoms with Gasteiger partial charge in [-0.3, -0.25) is 4.79 Å². The normalized spacial score (nSPS) is 18.0. The molecule has 1 aliphatic rings. The molecular formula is C17H21FN4OS. The fourth-order valence-electron chi connectivity index (χ4n) is 2.93. The summed E-state index contributed by atoms with van der Waals surface area (Å²) < 4.78 is 17.4. The maximum absolute atomic E-state index is 13.0. The Labute approximate surface area is 145 Å². The van der Waals surface area contributed by atoms with Crippen LogP contribution < -0.4 is 4.90 Å². The molecule has 3 rings (SSSR count). The number of hydrogen-bond donors (Lipinski definition) is 0. The van der Waals surface area contributed by atoms with Crippen molar-refractivity contribution < 1.29 is 9.18 Å². The lowest BCUT2D eigenvalue weighted by molar-refractivity contribution is -0.133. The molecular weight excluding hydrogens is 327 g/mol. The number of carbonyl (C=O) groups excluding carboxylic acids is 1. The first-order valence-corrected chi connectivity index (χ1v) is 8.95. The minimum atomic E-state index is -0.237. The molecule has 2 heterocycles. The van der Waals surface area contributed by atoms with Crippen LogP contribution in [0.25, 0.3) is 0 Å². The lowest BCUT2D eigenvalue weighted by atomic mass is 10.1. The van der Waals surface area contributed by atoms with E-state index in [0.717, 1.165) is 36.2 Å². The van der Waals surface area contributed by atoms with E-state index in [-0.39, 0.29) is 17.8 Å². The number of anilines is 1. The number of nitrogens with zero attached hydrogens (tertiary/aromatic N) is 4. The van der Waals surface area contributed by atoms with Crippen LogP contribution in [0, 0.1) is 5.82 Å². The molecule has 1 amide bonds. The molecule has 2 aromatic rings. The third-order valence-electron chi connectivity index (χ3n) is 4.25. The molecule has 7 heteroatoms. The lowest BCUT2D eigenvalue weighted by Crippen LogP contribution is -2.54. The molecule has 0 bridgehead atoms. The SMILES string of the molecule is CCC(=O)N1CCN(c2nc(Cc3ccc(F)cc3)ns2)CC1C. The van der Waals surface area contributed by atoms with Crippen LogP contribution >= 0.6 is 11.5 Å². The molecule has 1 saturated heterocycles. The van der Waals surface area contributed by atoms with E-state index >= 15 is 0 Å². The number of halogens is 1. The van der Waals surface area contributed by atoms with Crippen molar-refractivity contribution >= 4 is 22.6 Å². The molecule has 5 nitrogen and oxygen atoms in total. The van der Waals surface area contributed by atoms with Gasteiger partial charge >= 0.3 is 0 Å². The highest BCUT2D eigenvalue weighted by molar-refractivity contribution is 7.09. The van der Waals surface area contributed by atoms with Gasteiger partial charge in [0.15, 0.2) is 0 Å². The molecule has 1 unspecified atom stereocenters. The summed E-state index contributed by atoms with van der Waals surface area (Å²) in [5.41, 5.74) is 0.993. The molecule has 0 N–H and O–H groups in total. The number of amides is 1. The summed E-state index contributed by atoms with van der Waals surface area (Å²) in [6.45, 7) is 6.24. The van der Waals surface area contributed by atoms with E-state index in [9.17, 15) is 9.18 Å². The maximum Gasteiger partial charge on any atom is 0.222 e. The Hall–Kier alpha value is -2.02. The van der Waals surface area contributed by atoms with Gasteiger partial charge in [-0.2, -0.15) is 4.37 Å². The van der Waals surface area contributed by atoms with Crippen LogP contribution in [0.15, 0.2) is 24.3 Å². The third-order valence-corrected chi connectivity index (χ3v) is 5.07. The van der Waals surface area contributed by atoms with Crippen LogP contribution in [-0.2, 0) is 11.2 Å². The van der Waals surface area contributed by atoms with E-state index in [1.807, 2.05) is 11.8 Å². The zero-order chi connectivity index (χ0) is 17.1. The summed E-state index contributed by atoms with van der Waals surface area (Å²) in [6, 6.07) is 6.60. The number of rotatable bonds is 4. The van der Waals surface area contributed by atoms with E-state index < -0.39 is 0 Å². The van der Waals surface area contributed by atoms with Crippen LogP contribution in [0.4, 0.5) is 9.52 Å². The largest absolute Gasteiger partial charge is 0.343 e. The van der Waals surface area contributed by atoms with E-state index in [1.165, 1.54) is 23.7 Å². The van der Waals surface area contributed by atoms with Gasteiger partial charge in [0.1, 0.15) is 11.6 Å². The van der Waals surface area contributed by atoms with Crippen molar-refractivity contribution in [1.29, 1.82) is 0 Å². The van der Waals surface area contributed by atoms with Gasteiger partial charge in [-0.25, -0.2) is 9.37 Å². The van der Waals surface area contributed by atoms with E-state index in [1.54, 1.807) is 12.1 Å². The van der Waals surface area contributed by atoms with E-state index in [2.05, 4.69) is 21.2 Å². The fraction of sp³-hybridized carbons (Fsp3) is 0.471. The van der Waals surface area contributed by atoms with Crippen LogP contribution in [0.1, 0.15) is 31.7 Å². The quantitative estimate of drug-likeness (QED) is 0.852. The monoisotopic (exact) mass is 348 g/mol.